The SMILES string of the molecule is C=CC(=O)OCC(=O)OC12CC3CC(C1)C(OC(=O)C(F)(F)C(C)(F)F)(OC(=O)C(F)(F)C(F)(F)C(F)(F)F)C(C3)C2. The fraction of sp³-hybridized carbons (Fsp3) is 0.739. The van der Waals surface area contributed by atoms with Crippen molar-refractivity contribution in [2.75, 3.05) is 6.61 Å². The van der Waals surface area contributed by atoms with Crippen molar-refractivity contribution in [1.29, 1.82) is 0 Å². The molecule has 8 nitrogen and oxygen atoms in total. The van der Waals surface area contributed by atoms with E-state index in [1.165, 1.54) is 0 Å². The lowest BCUT2D eigenvalue weighted by molar-refractivity contribution is -0.369. The van der Waals surface area contributed by atoms with Crippen molar-refractivity contribution in [2.24, 2.45) is 17.8 Å². The molecule has 4 rings (SSSR count). The molecule has 19 heteroatoms. The summed E-state index contributed by atoms with van der Waals surface area (Å²) in [5.41, 5.74) is -1.65. The standard InChI is InChI=1S/C23H21F11O8/c1-3-13(35)39-9-14(36)40-18-6-10-4-11(7-18)19(12(5-10)8-18,41-15(37)20(26,27)17(2,24)25)42-16(38)21(28,29)22(30,31)23(32,33)34/h3,10-12H,1,4-9H2,2H3. The van der Waals surface area contributed by atoms with E-state index in [1.54, 1.807) is 0 Å². The number of rotatable bonds is 10. The van der Waals surface area contributed by atoms with Crippen LogP contribution in [0.15, 0.2) is 12.7 Å². The lowest BCUT2D eigenvalue weighted by Gasteiger charge is -2.62. The van der Waals surface area contributed by atoms with E-state index in [2.05, 4.69) is 20.8 Å². The first kappa shape index (κ1) is 33.4. The predicted molar refractivity (Wildman–Crippen MR) is 110 cm³/mol. The van der Waals surface area contributed by atoms with Crippen LogP contribution < -0.4 is 0 Å². The number of carbonyl (C=O) groups is 4. The number of hydrogen-bond acceptors (Lipinski definition) is 8. The molecule has 0 N–H and O–H groups in total. The van der Waals surface area contributed by atoms with Gasteiger partial charge in [-0.25, -0.2) is 19.2 Å². The number of hydrogen-bond donors (Lipinski definition) is 0. The van der Waals surface area contributed by atoms with E-state index in [1.807, 2.05) is 0 Å². The van der Waals surface area contributed by atoms with Gasteiger partial charge < -0.3 is 18.9 Å². The average Bonchev–Trinajstić information content (AvgIpc) is 2.83. The molecule has 4 saturated carbocycles. The topological polar surface area (TPSA) is 105 Å². The fourth-order valence-electron chi connectivity index (χ4n) is 5.70. The summed E-state index contributed by atoms with van der Waals surface area (Å²) in [5, 5.41) is 0. The first-order valence-corrected chi connectivity index (χ1v) is 11.9. The summed E-state index contributed by atoms with van der Waals surface area (Å²) < 4.78 is 167. The van der Waals surface area contributed by atoms with Gasteiger partial charge in [-0.15, -0.1) is 0 Å². The maximum atomic E-state index is 14.2. The predicted octanol–water partition coefficient (Wildman–Crippen LogP) is 4.74. The Morgan fingerprint density at radius 3 is 1.69 bits per heavy atom. The molecule has 0 saturated heterocycles. The van der Waals surface area contributed by atoms with Crippen LogP contribution in [0.1, 0.15) is 39.0 Å². The molecule has 4 aliphatic rings. The fourth-order valence-corrected chi connectivity index (χ4v) is 5.70. The second-order valence-corrected chi connectivity index (χ2v) is 10.4. The maximum Gasteiger partial charge on any atom is 0.460 e. The van der Waals surface area contributed by atoms with Crippen molar-refractivity contribution in [3.05, 3.63) is 12.7 Å². The van der Waals surface area contributed by atoms with Gasteiger partial charge in [0.15, 0.2) is 6.61 Å². The van der Waals surface area contributed by atoms with E-state index in [0.717, 1.165) is 0 Å². The van der Waals surface area contributed by atoms with Gasteiger partial charge in [-0.2, -0.15) is 48.3 Å². The van der Waals surface area contributed by atoms with Gasteiger partial charge in [0.1, 0.15) is 5.60 Å². The molecular weight excluding hydrogens is 613 g/mol. The highest BCUT2D eigenvalue weighted by atomic mass is 19.4. The molecule has 0 radical (unpaired) electrons. The van der Waals surface area contributed by atoms with Crippen LogP contribution in [0.5, 0.6) is 0 Å². The number of halogens is 11. The summed E-state index contributed by atoms with van der Waals surface area (Å²) in [5.74, 6) is -41.3. The Kier molecular flexibility index (Phi) is 8.13. The largest absolute Gasteiger partial charge is 0.460 e. The Morgan fingerprint density at radius 2 is 1.26 bits per heavy atom. The molecule has 0 aliphatic heterocycles. The smallest absolute Gasteiger partial charge is 0.457 e. The Hall–Kier alpha value is -3.15. The normalized spacial score (nSPS) is 29.5. The second-order valence-electron chi connectivity index (χ2n) is 10.4. The number of carbonyl (C=O) groups excluding carboxylic acids is 4. The molecule has 0 amide bonds. The molecule has 2 atom stereocenters. The summed E-state index contributed by atoms with van der Waals surface area (Å²) in [4.78, 5) is 47.9. The van der Waals surface area contributed by atoms with Crippen LogP contribution in [0.3, 0.4) is 0 Å². The molecule has 4 bridgehead atoms. The van der Waals surface area contributed by atoms with Crippen molar-refractivity contribution in [1.82, 2.24) is 0 Å². The minimum absolute atomic E-state index is 0.00931. The molecule has 0 aromatic heterocycles. The van der Waals surface area contributed by atoms with E-state index in [0.29, 0.717) is 6.08 Å². The molecule has 238 valence electrons. The van der Waals surface area contributed by atoms with E-state index >= 15 is 0 Å². The molecule has 0 heterocycles. The van der Waals surface area contributed by atoms with E-state index in [9.17, 15) is 67.5 Å². The van der Waals surface area contributed by atoms with E-state index in [-0.39, 0.29) is 6.42 Å². The first-order chi connectivity index (χ1) is 18.8. The zero-order chi connectivity index (χ0) is 32.3. The van der Waals surface area contributed by atoms with E-state index < -0.39 is 122 Å². The number of ether oxygens (including phenoxy) is 4. The maximum absolute atomic E-state index is 14.2. The average molecular weight is 634 g/mol. The molecule has 4 aliphatic carbocycles. The van der Waals surface area contributed by atoms with Crippen molar-refractivity contribution in [3.8, 4) is 0 Å². The van der Waals surface area contributed by atoms with E-state index in [4.69, 9.17) is 4.74 Å². The van der Waals surface area contributed by atoms with Gasteiger partial charge in [0.25, 0.3) is 5.79 Å². The van der Waals surface area contributed by atoms with Crippen LogP contribution in [0.4, 0.5) is 48.3 Å². The number of alkyl halides is 11. The van der Waals surface area contributed by atoms with Crippen LogP contribution in [0.2, 0.25) is 0 Å². The van der Waals surface area contributed by atoms with Crippen molar-refractivity contribution in [3.63, 3.8) is 0 Å². The highest BCUT2D eigenvalue weighted by molar-refractivity contribution is 5.84. The third-order valence-corrected chi connectivity index (χ3v) is 7.42. The molecular formula is C23H21F11O8. The van der Waals surface area contributed by atoms with Gasteiger partial charge in [0.2, 0.25) is 0 Å². The van der Waals surface area contributed by atoms with Crippen LogP contribution in [-0.2, 0) is 38.1 Å². The third kappa shape index (κ3) is 5.49. The minimum atomic E-state index is -7.06. The lowest BCUT2D eigenvalue weighted by atomic mass is 9.51. The van der Waals surface area contributed by atoms with Gasteiger partial charge in [-0.1, -0.05) is 6.58 Å². The minimum Gasteiger partial charge on any atom is -0.457 e. The van der Waals surface area contributed by atoms with Crippen LogP contribution in [0, 0.1) is 17.8 Å². The van der Waals surface area contributed by atoms with Crippen molar-refractivity contribution < 1.29 is 86.4 Å². The Labute approximate surface area is 228 Å². The van der Waals surface area contributed by atoms with Crippen LogP contribution >= 0.6 is 0 Å². The number of esters is 4. The lowest BCUT2D eigenvalue weighted by Crippen LogP contribution is -2.69. The van der Waals surface area contributed by atoms with Gasteiger partial charge in [-0.3, -0.25) is 0 Å². The quantitative estimate of drug-likeness (QED) is 0.112. The van der Waals surface area contributed by atoms with Crippen molar-refractivity contribution in [2.45, 2.75) is 80.3 Å². The molecule has 42 heavy (non-hydrogen) atoms. The molecule has 4 fully saturated rings. The van der Waals surface area contributed by atoms with Crippen LogP contribution in [-0.4, -0.2) is 71.7 Å². The van der Waals surface area contributed by atoms with Gasteiger partial charge in [-0.05, 0) is 38.0 Å². The first-order valence-electron chi connectivity index (χ1n) is 11.9. The van der Waals surface area contributed by atoms with Crippen LogP contribution in [0.25, 0.3) is 0 Å². The Balaban J connectivity index is 2.00. The van der Waals surface area contributed by atoms with Gasteiger partial charge in [0.05, 0.1) is 0 Å². The third-order valence-electron chi connectivity index (χ3n) is 7.42. The second kappa shape index (κ2) is 10.2. The Bertz CT molecular complexity index is 1130. The summed E-state index contributed by atoms with van der Waals surface area (Å²) in [6.07, 6.45) is -8.51. The Morgan fingerprint density at radius 1 is 0.786 bits per heavy atom. The van der Waals surface area contributed by atoms with Gasteiger partial charge in [0, 0.05) is 24.8 Å². The monoisotopic (exact) mass is 634 g/mol. The highest BCUT2D eigenvalue weighted by Gasteiger charge is 2.79. The highest BCUT2D eigenvalue weighted by Crippen LogP contribution is 2.63. The molecule has 0 spiro atoms. The summed E-state index contributed by atoms with van der Waals surface area (Å²) in [6, 6.07) is 0. The summed E-state index contributed by atoms with van der Waals surface area (Å²) >= 11 is 0. The van der Waals surface area contributed by atoms with Gasteiger partial charge >= 0.3 is 53.7 Å². The zero-order valence-corrected chi connectivity index (χ0v) is 21.2. The molecule has 2 unspecified atom stereocenters. The van der Waals surface area contributed by atoms with Crippen molar-refractivity contribution >= 4 is 23.9 Å². The summed E-state index contributed by atoms with van der Waals surface area (Å²) in [6.45, 7) is 1.68. The molecule has 0 aromatic rings. The zero-order valence-electron chi connectivity index (χ0n) is 21.2. The summed E-state index contributed by atoms with van der Waals surface area (Å²) in [7, 11) is 0. The molecule has 0 aromatic carbocycles.